The number of hydrogen-bond acceptors (Lipinski definition) is 5. The average molecular weight is 467 g/mol. The van der Waals surface area contributed by atoms with E-state index < -0.39 is 36.0 Å². The number of rotatable bonds is 8. The molecule has 0 bridgehead atoms. The van der Waals surface area contributed by atoms with Crippen molar-refractivity contribution in [1.82, 2.24) is 10.6 Å². The van der Waals surface area contributed by atoms with Gasteiger partial charge in [-0.05, 0) is 35.1 Å². The number of ether oxygens (including phenoxy) is 2. The molecule has 1 fully saturated rings. The van der Waals surface area contributed by atoms with E-state index in [2.05, 4.69) is 22.8 Å². The maximum Gasteiger partial charge on any atom is 0.407 e. The number of carbonyl (C=O) groups excluding carboxylic acids is 2. The van der Waals surface area contributed by atoms with Crippen LogP contribution in [-0.4, -0.2) is 55.5 Å². The predicted octanol–water partition coefficient (Wildman–Crippen LogP) is 3.30. The van der Waals surface area contributed by atoms with Gasteiger partial charge in [-0.3, -0.25) is 9.59 Å². The number of carboxylic acid groups (broad SMARTS) is 1. The molecule has 0 aliphatic heterocycles. The number of aliphatic carboxylic acids is 1. The van der Waals surface area contributed by atoms with Crippen molar-refractivity contribution in [2.24, 2.45) is 5.92 Å². The van der Waals surface area contributed by atoms with Gasteiger partial charge in [-0.15, -0.1) is 0 Å². The molecule has 0 aromatic heterocycles. The van der Waals surface area contributed by atoms with Crippen molar-refractivity contribution >= 4 is 18.0 Å². The predicted molar refractivity (Wildman–Crippen MR) is 125 cm³/mol. The number of nitrogens with one attached hydrogen (secondary N) is 2. The van der Waals surface area contributed by atoms with Gasteiger partial charge in [0.25, 0.3) is 5.91 Å². The SMILES string of the molecule is COC(CNC(=O)OCC1c2ccccc2-c2ccccc21)C(=O)NC1CCCCC1C(=O)O. The van der Waals surface area contributed by atoms with Crippen LogP contribution in [0.1, 0.15) is 42.7 Å². The van der Waals surface area contributed by atoms with Crippen LogP contribution < -0.4 is 10.6 Å². The number of benzene rings is 2. The molecule has 4 rings (SSSR count). The summed E-state index contributed by atoms with van der Waals surface area (Å²) in [6.07, 6.45) is 1.26. The van der Waals surface area contributed by atoms with E-state index in [0.29, 0.717) is 12.8 Å². The Morgan fingerprint density at radius 3 is 2.24 bits per heavy atom. The molecule has 3 N–H and O–H groups in total. The van der Waals surface area contributed by atoms with Gasteiger partial charge in [0.1, 0.15) is 6.61 Å². The molecule has 8 heteroatoms. The van der Waals surface area contributed by atoms with Gasteiger partial charge in [-0.2, -0.15) is 0 Å². The number of carboxylic acids is 1. The van der Waals surface area contributed by atoms with E-state index in [-0.39, 0.29) is 19.1 Å². The summed E-state index contributed by atoms with van der Waals surface area (Å²) in [5.41, 5.74) is 4.52. The number of methoxy groups -OCH3 is 1. The maximum atomic E-state index is 12.6. The number of alkyl carbamates (subject to hydrolysis) is 1. The van der Waals surface area contributed by atoms with Gasteiger partial charge in [0, 0.05) is 19.1 Å². The molecule has 2 aromatic carbocycles. The highest BCUT2D eigenvalue weighted by Crippen LogP contribution is 2.44. The van der Waals surface area contributed by atoms with E-state index in [1.807, 2.05) is 36.4 Å². The molecule has 0 heterocycles. The average Bonchev–Trinajstić information content (AvgIpc) is 3.17. The summed E-state index contributed by atoms with van der Waals surface area (Å²) in [5.74, 6) is -2.01. The van der Waals surface area contributed by atoms with Crippen LogP contribution >= 0.6 is 0 Å². The Morgan fingerprint density at radius 2 is 1.62 bits per heavy atom. The van der Waals surface area contributed by atoms with Gasteiger partial charge in [0.05, 0.1) is 12.5 Å². The van der Waals surface area contributed by atoms with Crippen LogP contribution in [0.4, 0.5) is 4.79 Å². The fourth-order valence-electron chi connectivity index (χ4n) is 4.98. The lowest BCUT2D eigenvalue weighted by molar-refractivity contribution is -0.144. The van der Waals surface area contributed by atoms with E-state index >= 15 is 0 Å². The molecule has 2 aromatic rings. The lowest BCUT2D eigenvalue weighted by atomic mass is 9.84. The summed E-state index contributed by atoms with van der Waals surface area (Å²) in [6, 6.07) is 15.7. The Balaban J connectivity index is 1.30. The topological polar surface area (TPSA) is 114 Å². The Kier molecular flexibility index (Phi) is 7.47. The van der Waals surface area contributed by atoms with Crippen LogP contribution in [0, 0.1) is 5.92 Å². The molecule has 1 saturated carbocycles. The van der Waals surface area contributed by atoms with Crippen LogP contribution in [0.3, 0.4) is 0 Å². The van der Waals surface area contributed by atoms with Crippen molar-refractivity contribution in [1.29, 1.82) is 0 Å². The minimum absolute atomic E-state index is 0.0566. The van der Waals surface area contributed by atoms with Crippen LogP contribution in [0.5, 0.6) is 0 Å². The van der Waals surface area contributed by atoms with Crippen LogP contribution in [0.15, 0.2) is 48.5 Å². The van der Waals surface area contributed by atoms with Crippen molar-refractivity contribution in [3.63, 3.8) is 0 Å². The van der Waals surface area contributed by atoms with Crippen molar-refractivity contribution in [2.75, 3.05) is 20.3 Å². The lowest BCUT2D eigenvalue weighted by Gasteiger charge is -2.30. The monoisotopic (exact) mass is 466 g/mol. The molecule has 2 amide bonds. The van der Waals surface area contributed by atoms with Gasteiger partial charge < -0.3 is 25.2 Å². The quantitative estimate of drug-likeness (QED) is 0.550. The normalized spacial score (nSPS) is 20.0. The van der Waals surface area contributed by atoms with Gasteiger partial charge in [-0.25, -0.2) is 4.79 Å². The number of amides is 2. The third-order valence-electron chi connectivity index (χ3n) is 6.76. The molecule has 180 valence electrons. The molecule has 0 saturated heterocycles. The molecule has 0 spiro atoms. The second kappa shape index (κ2) is 10.7. The highest BCUT2D eigenvalue weighted by molar-refractivity contribution is 5.83. The first kappa shape index (κ1) is 23.8. The van der Waals surface area contributed by atoms with E-state index in [4.69, 9.17) is 9.47 Å². The summed E-state index contributed by atoms with van der Waals surface area (Å²) in [7, 11) is 1.37. The smallest absolute Gasteiger partial charge is 0.407 e. The van der Waals surface area contributed by atoms with Gasteiger partial charge in [-0.1, -0.05) is 61.4 Å². The zero-order valence-electron chi connectivity index (χ0n) is 19.2. The summed E-state index contributed by atoms with van der Waals surface area (Å²) in [4.78, 5) is 36.5. The molecular formula is C26H30N2O6. The summed E-state index contributed by atoms with van der Waals surface area (Å²) in [6.45, 7) is 0.0928. The van der Waals surface area contributed by atoms with Gasteiger partial charge in [0.15, 0.2) is 6.10 Å². The van der Waals surface area contributed by atoms with Crippen LogP contribution in [-0.2, 0) is 19.1 Å². The van der Waals surface area contributed by atoms with Crippen molar-refractivity contribution < 1.29 is 29.0 Å². The van der Waals surface area contributed by atoms with E-state index in [9.17, 15) is 19.5 Å². The zero-order chi connectivity index (χ0) is 24.1. The Labute approximate surface area is 198 Å². The largest absolute Gasteiger partial charge is 0.481 e. The third kappa shape index (κ3) is 5.07. The van der Waals surface area contributed by atoms with Crippen LogP contribution in [0.2, 0.25) is 0 Å². The second-order valence-electron chi connectivity index (χ2n) is 8.78. The summed E-state index contributed by atoms with van der Waals surface area (Å²) >= 11 is 0. The Morgan fingerprint density at radius 1 is 1.00 bits per heavy atom. The van der Waals surface area contributed by atoms with Crippen molar-refractivity contribution in [3.05, 3.63) is 59.7 Å². The first-order chi connectivity index (χ1) is 16.5. The number of fused-ring (bicyclic) bond motifs is 3. The first-order valence-electron chi connectivity index (χ1n) is 11.6. The summed E-state index contributed by atoms with van der Waals surface area (Å²) < 4.78 is 10.7. The first-order valence-corrected chi connectivity index (χ1v) is 11.6. The highest BCUT2D eigenvalue weighted by Gasteiger charge is 2.34. The van der Waals surface area contributed by atoms with Gasteiger partial charge in [0.2, 0.25) is 0 Å². The second-order valence-corrected chi connectivity index (χ2v) is 8.78. The Hall–Kier alpha value is -3.39. The Bertz CT molecular complexity index is 1010. The standard InChI is InChI=1S/C26H30N2O6/c1-33-23(24(29)28-22-13-7-6-12-20(22)25(30)31)14-27-26(32)34-15-21-18-10-4-2-8-16(18)17-9-3-5-11-19(17)21/h2-5,8-11,20-23H,6-7,12-15H2,1H3,(H,27,32)(H,28,29)(H,30,31). The molecule has 3 atom stereocenters. The molecule has 8 nitrogen and oxygen atoms in total. The fraction of sp³-hybridized carbons (Fsp3) is 0.423. The lowest BCUT2D eigenvalue weighted by Crippen LogP contribution is -2.51. The number of carbonyl (C=O) groups is 3. The molecule has 3 unspecified atom stereocenters. The van der Waals surface area contributed by atoms with E-state index in [1.165, 1.54) is 7.11 Å². The summed E-state index contributed by atoms with van der Waals surface area (Å²) in [5, 5.41) is 14.8. The van der Waals surface area contributed by atoms with Crippen molar-refractivity contribution in [2.45, 2.75) is 43.7 Å². The highest BCUT2D eigenvalue weighted by atomic mass is 16.5. The van der Waals surface area contributed by atoms with Crippen molar-refractivity contribution in [3.8, 4) is 11.1 Å². The van der Waals surface area contributed by atoms with Crippen LogP contribution in [0.25, 0.3) is 11.1 Å². The van der Waals surface area contributed by atoms with E-state index in [0.717, 1.165) is 35.1 Å². The van der Waals surface area contributed by atoms with E-state index in [1.54, 1.807) is 0 Å². The molecule has 2 aliphatic carbocycles. The third-order valence-corrected chi connectivity index (χ3v) is 6.76. The molecule has 2 aliphatic rings. The van der Waals surface area contributed by atoms with Gasteiger partial charge >= 0.3 is 12.1 Å². The molecular weight excluding hydrogens is 436 g/mol. The number of hydrogen-bond donors (Lipinski definition) is 3. The molecule has 34 heavy (non-hydrogen) atoms. The maximum absolute atomic E-state index is 12.6. The minimum Gasteiger partial charge on any atom is -0.481 e. The minimum atomic E-state index is -0.947. The molecule has 0 radical (unpaired) electrons. The zero-order valence-corrected chi connectivity index (χ0v) is 19.2. The fourth-order valence-corrected chi connectivity index (χ4v) is 4.98.